The minimum atomic E-state index is 0.410. The highest BCUT2D eigenvalue weighted by Gasteiger charge is 2.11. The molecule has 0 unspecified atom stereocenters. The first-order chi connectivity index (χ1) is 13.5. The molecule has 2 aromatic carbocycles. The van der Waals surface area contributed by atoms with Gasteiger partial charge in [-0.15, -0.1) is 0 Å². The van der Waals surface area contributed by atoms with Gasteiger partial charge in [0.05, 0.1) is 33.4 Å². The molecule has 1 aromatic heterocycles. The van der Waals surface area contributed by atoms with Crippen LogP contribution in [-0.4, -0.2) is 21.5 Å². The van der Waals surface area contributed by atoms with E-state index in [1.807, 2.05) is 49.5 Å². The zero-order chi connectivity index (χ0) is 20.1. The van der Waals surface area contributed by atoms with Gasteiger partial charge in [0.1, 0.15) is 5.75 Å². The monoisotopic (exact) mass is 498 g/mol. The number of nitrogens with one attached hydrogen (secondary N) is 2. The molecule has 9 heteroatoms. The van der Waals surface area contributed by atoms with Crippen LogP contribution in [-0.2, 0) is 6.54 Å². The molecule has 0 spiro atoms. The van der Waals surface area contributed by atoms with Gasteiger partial charge in [-0.05, 0) is 64.9 Å². The van der Waals surface area contributed by atoms with Crippen molar-refractivity contribution in [1.82, 2.24) is 9.78 Å². The highest BCUT2D eigenvalue weighted by molar-refractivity contribution is 9.10. The van der Waals surface area contributed by atoms with Gasteiger partial charge in [-0.2, -0.15) is 5.10 Å². The van der Waals surface area contributed by atoms with Gasteiger partial charge >= 0.3 is 0 Å². The van der Waals surface area contributed by atoms with Gasteiger partial charge < -0.3 is 15.4 Å². The molecule has 0 fully saturated rings. The Morgan fingerprint density at radius 3 is 2.71 bits per heavy atom. The van der Waals surface area contributed by atoms with E-state index < -0.39 is 0 Å². The van der Waals surface area contributed by atoms with Crippen LogP contribution in [0.3, 0.4) is 0 Å². The summed E-state index contributed by atoms with van der Waals surface area (Å²) in [6.07, 6.45) is 1.86. The average molecular weight is 500 g/mol. The molecule has 0 saturated carbocycles. The lowest BCUT2D eigenvalue weighted by molar-refractivity contribution is 0.342. The summed E-state index contributed by atoms with van der Waals surface area (Å²) in [5, 5.41) is 12.2. The van der Waals surface area contributed by atoms with E-state index in [9.17, 15) is 0 Å². The van der Waals surface area contributed by atoms with Crippen molar-refractivity contribution in [3.8, 4) is 5.75 Å². The van der Waals surface area contributed by atoms with Gasteiger partial charge in [-0.25, -0.2) is 0 Å². The zero-order valence-electron chi connectivity index (χ0n) is 14.9. The van der Waals surface area contributed by atoms with Gasteiger partial charge in [0.2, 0.25) is 0 Å². The Balaban J connectivity index is 1.68. The number of para-hydroxylation sites is 2. The summed E-state index contributed by atoms with van der Waals surface area (Å²) in [7, 11) is 0. The minimum absolute atomic E-state index is 0.410. The molecule has 3 rings (SSSR count). The Labute approximate surface area is 187 Å². The second-order valence-corrected chi connectivity index (χ2v) is 7.86. The summed E-state index contributed by atoms with van der Waals surface area (Å²) in [5.74, 6) is 1.34. The van der Waals surface area contributed by atoms with Gasteiger partial charge in [-0.3, -0.25) is 4.68 Å². The molecule has 0 bridgehead atoms. The standard InChI is InChI=1S/C19H17BrCl2N4OS/c1-2-27-17-6-4-3-5-16(17)23-19(28)24-18-13(20)11-26(25-18)10-12-7-8-14(21)15(22)9-12/h3-9,11H,2,10H2,1H3,(H2,23,24,25,28). The third-order valence-electron chi connectivity index (χ3n) is 3.71. The van der Waals surface area contributed by atoms with E-state index in [2.05, 4.69) is 31.7 Å². The Bertz CT molecular complexity index is 996. The summed E-state index contributed by atoms with van der Waals surface area (Å²) < 4.78 is 8.17. The summed E-state index contributed by atoms with van der Waals surface area (Å²) in [6.45, 7) is 3.05. The summed E-state index contributed by atoms with van der Waals surface area (Å²) in [5.41, 5.74) is 1.77. The first-order valence-electron chi connectivity index (χ1n) is 8.43. The molecule has 0 aliphatic heterocycles. The van der Waals surface area contributed by atoms with Gasteiger partial charge in [0, 0.05) is 6.20 Å². The first-order valence-corrected chi connectivity index (χ1v) is 10.4. The lowest BCUT2D eigenvalue weighted by Crippen LogP contribution is -2.20. The number of nitrogens with zero attached hydrogens (tertiary/aromatic N) is 2. The number of halogens is 3. The van der Waals surface area contributed by atoms with Crippen LogP contribution < -0.4 is 15.4 Å². The molecular weight excluding hydrogens is 483 g/mol. The summed E-state index contributed by atoms with van der Waals surface area (Å²) in [4.78, 5) is 0. The molecule has 0 amide bonds. The second kappa shape index (κ2) is 9.60. The molecule has 0 radical (unpaired) electrons. The number of anilines is 2. The molecular formula is C19H17BrCl2N4OS. The Hall–Kier alpha value is -1.80. The van der Waals surface area contributed by atoms with Crippen LogP contribution in [0.5, 0.6) is 5.75 Å². The Morgan fingerprint density at radius 2 is 1.96 bits per heavy atom. The molecule has 0 saturated heterocycles. The van der Waals surface area contributed by atoms with Crippen LogP contribution in [0.1, 0.15) is 12.5 Å². The molecule has 0 atom stereocenters. The maximum Gasteiger partial charge on any atom is 0.176 e. The fraction of sp³-hybridized carbons (Fsp3) is 0.158. The maximum atomic E-state index is 6.08. The molecule has 2 N–H and O–H groups in total. The van der Waals surface area contributed by atoms with E-state index in [0.717, 1.165) is 21.5 Å². The number of rotatable bonds is 6. The Morgan fingerprint density at radius 1 is 1.18 bits per heavy atom. The smallest absolute Gasteiger partial charge is 0.176 e. The SMILES string of the molecule is CCOc1ccccc1NC(=S)Nc1nn(Cc2ccc(Cl)c(Cl)c2)cc1Br. The van der Waals surface area contributed by atoms with Crippen molar-refractivity contribution in [3.05, 3.63) is 68.7 Å². The highest BCUT2D eigenvalue weighted by Crippen LogP contribution is 2.26. The summed E-state index contributed by atoms with van der Waals surface area (Å²) in [6, 6.07) is 13.1. The molecule has 0 aliphatic carbocycles. The number of hydrogen-bond donors (Lipinski definition) is 2. The fourth-order valence-electron chi connectivity index (χ4n) is 2.50. The van der Waals surface area contributed by atoms with Crippen LogP contribution in [0.2, 0.25) is 10.0 Å². The van der Waals surface area contributed by atoms with Crippen molar-refractivity contribution in [3.63, 3.8) is 0 Å². The van der Waals surface area contributed by atoms with E-state index >= 15 is 0 Å². The normalized spacial score (nSPS) is 10.6. The lowest BCUT2D eigenvalue weighted by Gasteiger charge is -2.13. The van der Waals surface area contributed by atoms with Crippen LogP contribution in [0.4, 0.5) is 11.5 Å². The van der Waals surface area contributed by atoms with Crippen molar-refractivity contribution in [2.24, 2.45) is 0 Å². The quantitative estimate of drug-likeness (QED) is 0.395. The van der Waals surface area contributed by atoms with E-state index in [0.29, 0.717) is 34.1 Å². The van der Waals surface area contributed by atoms with E-state index in [-0.39, 0.29) is 0 Å². The van der Waals surface area contributed by atoms with Gasteiger partial charge in [0.15, 0.2) is 10.9 Å². The van der Waals surface area contributed by atoms with Crippen LogP contribution in [0.25, 0.3) is 0 Å². The third kappa shape index (κ3) is 5.38. The Kier molecular flexibility index (Phi) is 7.18. The van der Waals surface area contributed by atoms with Crippen LogP contribution >= 0.6 is 51.3 Å². The van der Waals surface area contributed by atoms with Crippen molar-refractivity contribution in [2.75, 3.05) is 17.2 Å². The molecule has 5 nitrogen and oxygen atoms in total. The van der Waals surface area contributed by atoms with Gasteiger partial charge in [-0.1, -0.05) is 41.4 Å². The number of benzene rings is 2. The molecule has 0 aliphatic rings. The molecule has 28 heavy (non-hydrogen) atoms. The fourth-order valence-corrected chi connectivity index (χ4v) is 3.44. The number of aromatic nitrogens is 2. The third-order valence-corrected chi connectivity index (χ3v) is 5.24. The lowest BCUT2D eigenvalue weighted by atomic mass is 10.2. The van der Waals surface area contributed by atoms with Crippen molar-refractivity contribution < 1.29 is 4.74 Å². The zero-order valence-corrected chi connectivity index (χ0v) is 18.8. The minimum Gasteiger partial charge on any atom is -0.492 e. The number of hydrogen-bond acceptors (Lipinski definition) is 3. The maximum absolute atomic E-state index is 6.08. The van der Waals surface area contributed by atoms with Crippen LogP contribution in [0.15, 0.2) is 53.1 Å². The van der Waals surface area contributed by atoms with E-state index in [1.165, 1.54) is 0 Å². The first kappa shape index (κ1) is 20.9. The second-order valence-electron chi connectivity index (χ2n) is 5.78. The van der Waals surface area contributed by atoms with Crippen molar-refractivity contribution in [1.29, 1.82) is 0 Å². The predicted octanol–water partition coefficient (Wildman–Crippen LogP) is 6.21. The van der Waals surface area contributed by atoms with Gasteiger partial charge in [0.25, 0.3) is 0 Å². The van der Waals surface area contributed by atoms with Crippen LogP contribution in [0, 0.1) is 0 Å². The number of thiocarbonyl (C=S) groups is 1. The highest BCUT2D eigenvalue weighted by atomic mass is 79.9. The largest absolute Gasteiger partial charge is 0.492 e. The van der Waals surface area contributed by atoms with Crippen molar-refractivity contribution in [2.45, 2.75) is 13.5 Å². The van der Waals surface area contributed by atoms with E-state index in [1.54, 1.807) is 10.7 Å². The topological polar surface area (TPSA) is 51.1 Å². The average Bonchev–Trinajstić information content (AvgIpc) is 2.99. The van der Waals surface area contributed by atoms with E-state index in [4.69, 9.17) is 40.2 Å². The van der Waals surface area contributed by atoms with Crippen molar-refractivity contribution >= 4 is 68.0 Å². The molecule has 3 aromatic rings. The predicted molar refractivity (Wildman–Crippen MR) is 123 cm³/mol. The number of ether oxygens (including phenoxy) is 1. The molecule has 146 valence electrons. The summed E-state index contributed by atoms with van der Waals surface area (Å²) >= 11 is 21.0. The molecule has 1 heterocycles.